The van der Waals surface area contributed by atoms with Crippen molar-refractivity contribution in [2.24, 2.45) is 11.8 Å². The molecule has 1 aliphatic carbocycles. The molecule has 4 atom stereocenters. The Kier molecular flexibility index (Phi) is 7.63. The van der Waals surface area contributed by atoms with Gasteiger partial charge in [-0.05, 0) is 59.2 Å². The van der Waals surface area contributed by atoms with Gasteiger partial charge in [-0.2, -0.15) is 0 Å². The van der Waals surface area contributed by atoms with E-state index in [4.69, 9.17) is 0 Å². The van der Waals surface area contributed by atoms with Gasteiger partial charge in [0.2, 0.25) is 5.91 Å². The molecule has 1 amide bonds. The maximum absolute atomic E-state index is 12.5. The van der Waals surface area contributed by atoms with Crippen LogP contribution in [0.3, 0.4) is 0 Å². The number of carbonyl (C=O) groups excluding carboxylic acids is 1. The zero-order chi connectivity index (χ0) is 15.5. The van der Waals surface area contributed by atoms with Gasteiger partial charge in [-0.25, -0.2) is 0 Å². The maximum Gasteiger partial charge on any atom is 0.223 e. The molecule has 2 fully saturated rings. The van der Waals surface area contributed by atoms with Crippen LogP contribution in [-0.2, 0) is 4.79 Å². The van der Waals surface area contributed by atoms with E-state index in [1.54, 1.807) is 0 Å². The van der Waals surface area contributed by atoms with Crippen molar-refractivity contribution >= 4 is 18.3 Å². The fourth-order valence-electron chi connectivity index (χ4n) is 4.12. The van der Waals surface area contributed by atoms with Crippen LogP contribution < -0.4 is 10.6 Å². The highest BCUT2D eigenvalue weighted by atomic mass is 35.5. The van der Waals surface area contributed by atoms with Crippen LogP contribution >= 0.6 is 12.4 Å². The van der Waals surface area contributed by atoms with Crippen LogP contribution in [0.15, 0.2) is 0 Å². The van der Waals surface area contributed by atoms with E-state index in [0.717, 1.165) is 31.8 Å². The highest BCUT2D eigenvalue weighted by molar-refractivity contribution is 5.85. The van der Waals surface area contributed by atoms with Crippen LogP contribution in [0.25, 0.3) is 0 Å². The van der Waals surface area contributed by atoms with Gasteiger partial charge in [0.25, 0.3) is 0 Å². The Balaban J connectivity index is 0.00000242. The molecule has 0 aromatic rings. The number of amides is 1. The van der Waals surface area contributed by atoms with E-state index in [-0.39, 0.29) is 29.8 Å². The second-order valence-electron chi connectivity index (χ2n) is 7.61. The van der Waals surface area contributed by atoms with E-state index >= 15 is 0 Å². The summed E-state index contributed by atoms with van der Waals surface area (Å²) in [5.41, 5.74) is 0.159. The summed E-state index contributed by atoms with van der Waals surface area (Å²) in [6.45, 7) is 6.29. The van der Waals surface area contributed by atoms with Gasteiger partial charge in [-0.3, -0.25) is 4.79 Å². The number of nitrogens with one attached hydrogen (secondary N) is 2. The summed E-state index contributed by atoms with van der Waals surface area (Å²) in [7, 11) is 4.33. The van der Waals surface area contributed by atoms with E-state index in [1.807, 2.05) is 0 Å². The predicted octanol–water partition coefficient (Wildman–Crippen LogP) is 2.42. The molecule has 2 aliphatic rings. The van der Waals surface area contributed by atoms with Crippen molar-refractivity contribution in [2.45, 2.75) is 64.0 Å². The molecule has 1 heterocycles. The van der Waals surface area contributed by atoms with Crippen molar-refractivity contribution in [1.82, 2.24) is 15.5 Å². The largest absolute Gasteiger partial charge is 0.354 e. The number of piperidine rings is 1. The average Bonchev–Trinajstić information content (AvgIpc) is 2.44. The zero-order valence-corrected chi connectivity index (χ0v) is 15.5. The minimum absolute atomic E-state index is 0. The number of hydrogen-bond acceptors (Lipinski definition) is 3. The smallest absolute Gasteiger partial charge is 0.223 e. The summed E-state index contributed by atoms with van der Waals surface area (Å²) in [5.74, 6) is 1.22. The van der Waals surface area contributed by atoms with Crippen LogP contribution in [-0.4, -0.2) is 49.6 Å². The van der Waals surface area contributed by atoms with Crippen LogP contribution in [0.1, 0.15) is 52.4 Å². The molecule has 1 saturated heterocycles. The Hall–Kier alpha value is -0.320. The van der Waals surface area contributed by atoms with Gasteiger partial charge < -0.3 is 15.5 Å². The van der Waals surface area contributed by atoms with Crippen molar-refractivity contribution in [2.75, 3.05) is 27.2 Å². The third-order valence-electron chi connectivity index (χ3n) is 5.60. The van der Waals surface area contributed by atoms with Gasteiger partial charge in [0.15, 0.2) is 0 Å². The molecule has 5 heteroatoms. The Morgan fingerprint density at radius 1 is 1.32 bits per heavy atom. The molecule has 0 aromatic heterocycles. The fourth-order valence-corrected chi connectivity index (χ4v) is 4.12. The summed E-state index contributed by atoms with van der Waals surface area (Å²) in [5, 5.41) is 6.69. The number of likely N-dealkylation sites (N-methyl/N-ethyl adjacent to an activating group) is 1. The zero-order valence-electron chi connectivity index (χ0n) is 14.7. The molecular formula is C17H34ClN3O. The van der Waals surface area contributed by atoms with Crippen LogP contribution in [0, 0.1) is 11.8 Å². The van der Waals surface area contributed by atoms with Crippen molar-refractivity contribution in [3.63, 3.8) is 0 Å². The normalized spacial score (nSPS) is 35.8. The molecule has 2 N–H and O–H groups in total. The topological polar surface area (TPSA) is 44.4 Å². The third kappa shape index (κ3) is 4.84. The van der Waals surface area contributed by atoms with Crippen molar-refractivity contribution in [3.8, 4) is 0 Å². The van der Waals surface area contributed by atoms with Gasteiger partial charge in [0.1, 0.15) is 0 Å². The van der Waals surface area contributed by atoms with Crippen molar-refractivity contribution < 1.29 is 4.79 Å². The van der Waals surface area contributed by atoms with E-state index in [9.17, 15) is 4.79 Å². The van der Waals surface area contributed by atoms with Crippen LogP contribution in [0.5, 0.6) is 0 Å². The van der Waals surface area contributed by atoms with E-state index in [0.29, 0.717) is 6.04 Å². The second-order valence-corrected chi connectivity index (χ2v) is 7.61. The summed E-state index contributed by atoms with van der Waals surface area (Å²) < 4.78 is 0. The minimum atomic E-state index is 0. The first-order valence-corrected chi connectivity index (χ1v) is 8.61. The Bertz CT molecular complexity index is 364. The predicted molar refractivity (Wildman–Crippen MR) is 94.5 cm³/mol. The molecule has 0 bridgehead atoms. The summed E-state index contributed by atoms with van der Waals surface area (Å²) in [6, 6.07) is 0.465. The van der Waals surface area contributed by atoms with E-state index in [1.165, 1.54) is 25.7 Å². The monoisotopic (exact) mass is 331 g/mol. The molecule has 1 aliphatic heterocycles. The first-order chi connectivity index (χ1) is 9.93. The number of carbonyl (C=O) groups is 1. The number of nitrogens with zero attached hydrogens (tertiary/aromatic N) is 1. The Labute approximate surface area is 142 Å². The van der Waals surface area contributed by atoms with Gasteiger partial charge in [-0.1, -0.05) is 19.8 Å². The molecular weight excluding hydrogens is 298 g/mol. The van der Waals surface area contributed by atoms with Gasteiger partial charge >= 0.3 is 0 Å². The molecule has 2 unspecified atom stereocenters. The maximum atomic E-state index is 12.5. The Morgan fingerprint density at radius 3 is 2.64 bits per heavy atom. The van der Waals surface area contributed by atoms with Gasteiger partial charge in [-0.15, -0.1) is 12.4 Å². The molecule has 22 heavy (non-hydrogen) atoms. The number of rotatable bonds is 4. The lowest BCUT2D eigenvalue weighted by Gasteiger charge is -2.45. The summed E-state index contributed by atoms with van der Waals surface area (Å²) in [4.78, 5) is 14.8. The van der Waals surface area contributed by atoms with Crippen molar-refractivity contribution in [3.05, 3.63) is 0 Å². The minimum Gasteiger partial charge on any atom is -0.354 e. The molecule has 4 nitrogen and oxygen atoms in total. The van der Waals surface area contributed by atoms with Crippen LogP contribution in [0.2, 0.25) is 0 Å². The summed E-state index contributed by atoms with van der Waals surface area (Å²) in [6.07, 6.45) is 6.95. The lowest BCUT2D eigenvalue weighted by molar-refractivity contribution is -0.126. The second kappa shape index (κ2) is 8.51. The van der Waals surface area contributed by atoms with E-state index < -0.39 is 0 Å². The molecule has 2 rings (SSSR count). The molecule has 1 saturated carbocycles. The fraction of sp³-hybridized carbons (Fsp3) is 0.941. The molecule has 0 aromatic carbocycles. The van der Waals surface area contributed by atoms with Gasteiger partial charge in [0.05, 0.1) is 0 Å². The van der Waals surface area contributed by atoms with Crippen molar-refractivity contribution in [1.29, 1.82) is 0 Å². The van der Waals surface area contributed by atoms with Gasteiger partial charge in [0, 0.05) is 24.0 Å². The standard InChI is InChI=1S/C17H33N3O.ClH/c1-13-6-5-8-17(11-13,20(3)4)12-19-16(21)15-7-9-18-14(2)10-15;/h13-15,18H,5-12H2,1-4H3,(H,19,21);1H/t13?,14-,15-,17?;/m0./s1. The highest BCUT2D eigenvalue weighted by Crippen LogP contribution is 2.35. The lowest BCUT2D eigenvalue weighted by Crippen LogP contribution is -2.56. The summed E-state index contributed by atoms with van der Waals surface area (Å²) >= 11 is 0. The number of halogens is 1. The highest BCUT2D eigenvalue weighted by Gasteiger charge is 2.37. The first kappa shape index (κ1) is 19.7. The lowest BCUT2D eigenvalue weighted by atomic mass is 9.75. The van der Waals surface area contributed by atoms with Crippen LogP contribution in [0.4, 0.5) is 0 Å². The van der Waals surface area contributed by atoms with E-state index in [2.05, 4.69) is 43.5 Å². The Morgan fingerprint density at radius 2 is 2.05 bits per heavy atom. The third-order valence-corrected chi connectivity index (χ3v) is 5.60. The average molecular weight is 332 g/mol. The molecule has 130 valence electrons. The first-order valence-electron chi connectivity index (χ1n) is 8.61. The quantitative estimate of drug-likeness (QED) is 0.831. The number of hydrogen-bond donors (Lipinski definition) is 2. The SMILES string of the molecule is CC1CCCC(CNC(=O)[C@H]2CCN[C@@H](C)C2)(N(C)C)C1.Cl. The molecule has 0 radical (unpaired) electrons. The molecule has 0 spiro atoms.